The van der Waals surface area contributed by atoms with Crippen molar-refractivity contribution in [1.29, 1.82) is 0 Å². The zero-order chi connectivity index (χ0) is 18.4. The fraction of sp³-hybridized carbons (Fsp3) is 0.222. The van der Waals surface area contributed by atoms with Gasteiger partial charge in [0, 0.05) is 28.8 Å². The summed E-state index contributed by atoms with van der Waals surface area (Å²) >= 11 is 1.22. The number of carbonyl (C=O) groups is 2. The van der Waals surface area contributed by atoms with Crippen LogP contribution in [-0.2, 0) is 4.79 Å². The lowest BCUT2D eigenvalue weighted by Gasteiger charge is -2.19. The van der Waals surface area contributed by atoms with Crippen molar-refractivity contribution in [3.8, 4) is 11.5 Å². The van der Waals surface area contributed by atoms with E-state index in [4.69, 9.17) is 9.47 Å². The molecule has 26 heavy (non-hydrogen) atoms. The van der Waals surface area contributed by atoms with Gasteiger partial charge in [0.1, 0.15) is 19.0 Å². The third-order valence-electron chi connectivity index (χ3n) is 3.48. The number of thioether (sulfide) groups is 1. The molecule has 0 radical (unpaired) electrons. The van der Waals surface area contributed by atoms with Crippen LogP contribution in [0.2, 0.25) is 0 Å². The highest BCUT2D eigenvalue weighted by Crippen LogP contribution is 2.32. The first kappa shape index (κ1) is 18.1. The maximum Gasteiger partial charge on any atom is 0.325 e. The lowest BCUT2D eigenvalue weighted by Crippen LogP contribution is -2.34. The van der Waals surface area contributed by atoms with E-state index in [-0.39, 0.29) is 12.2 Å². The van der Waals surface area contributed by atoms with Crippen LogP contribution in [0, 0.1) is 5.82 Å². The van der Waals surface area contributed by atoms with Crippen molar-refractivity contribution in [2.24, 2.45) is 0 Å². The van der Waals surface area contributed by atoms with Gasteiger partial charge in [0.25, 0.3) is 0 Å². The van der Waals surface area contributed by atoms with Crippen LogP contribution >= 0.6 is 11.8 Å². The summed E-state index contributed by atoms with van der Waals surface area (Å²) < 4.78 is 24.3. The molecule has 0 fully saturated rings. The van der Waals surface area contributed by atoms with Crippen molar-refractivity contribution in [2.75, 3.05) is 24.3 Å². The SMILES string of the molecule is O=C(CCSc1ccccc1F)NC(=O)Nc1ccc2c(c1)OCCO2. The second-order valence-corrected chi connectivity index (χ2v) is 6.53. The minimum atomic E-state index is -0.637. The topological polar surface area (TPSA) is 76.7 Å². The number of ether oxygens (including phenoxy) is 2. The quantitative estimate of drug-likeness (QED) is 0.782. The molecule has 0 spiro atoms. The van der Waals surface area contributed by atoms with Crippen molar-refractivity contribution in [3.05, 3.63) is 48.3 Å². The molecule has 0 unspecified atom stereocenters. The number of halogens is 1. The standard InChI is InChI=1S/C18H17FN2O4S/c19-13-3-1-2-4-16(13)26-10-7-17(22)21-18(23)20-12-5-6-14-15(11-12)25-9-8-24-14/h1-6,11H,7-10H2,(H2,20,21,22,23). The van der Waals surface area contributed by atoms with Gasteiger partial charge < -0.3 is 14.8 Å². The lowest BCUT2D eigenvalue weighted by molar-refractivity contribution is -0.119. The minimum absolute atomic E-state index is 0.0908. The van der Waals surface area contributed by atoms with E-state index in [0.717, 1.165) is 0 Å². The Labute approximate surface area is 154 Å². The first-order chi connectivity index (χ1) is 12.6. The van der Waals surface area contributed by atoms with Gasteiger partial charge in [-0.05, 0) is 24.3 Å². The molecule has 0 saturated carbocycles. The normalized spacial score (nSPS) is 12.3. The number of carbonyl (C=O) groups excluding carboxylic acids is 2. The van der Waals surface area contributed by atoms with Crippen LogP contribution in [0.3, 0.4) is 0 Å². The van der Waals surface area contributed by atoms with Crippen LogP contribution < -0.4 is 20.1 Å². The number of amides is 3. The van der Waals surface area contributed by atoms with Gasteiger partial charge in [-0.15, -0.1) is 11.8 Å². The van der Waals surface area contributed by atoms with Crippen LogP contribution in [0.25, 0.3) is 0 Å². The Morgan fingerprint density at radius 1 is 1.08 bits per heavy atom. The summed E-state index contributed by atoms with van der Waals surface area (Å²) in [7, 11) is 0. The Balaban J connectivity index is 1.44. The Kier molecular flexibility index (Phi) is 5.96. The highest BCUT2D eigenvalue weighted by Gasteiger charge is 2.14. The number of benzene rings is 2. The van der Waals surface area contributed by atoms with Crippen molar-refractivity contribution in [3.63, 3.8) is 0 Å². The molecule has 0 aliphatic carbocycles. The zero-order valence-corrected chi connectivity index (χ0v) is 14.6. The fourth-order valence-electron chi connectivity index (χ4n) is 2.29. The summed E-state index contributed by atoms with van der Waals surface area (Å²) in [5.74, 6) is 0.757. The molecule has 0 atom stereocenters. The second-order valence-electron chi connectivity index (χ2n) is 5.39. The molecule has 1 aliphatic rings. The third kappa shape index (κ3) is 4.89. The number of nitrogens with one attached hydrogen (secondary N) is 2. The van der Waals surface area contributed by atoms with Gasteiger partial charge in [-0.25, -0.2) is 9.18 Å². The molecule has 8 heteroatoms. The van der Waals surface area contributed by atoms with Crippen LogP contribution in [0.15, 0.2) is 47.4 Å². The summed E-state index contributed by atoms with van der Waals surface area (Å²) in [6.07, 6.45) is 0.0908. The maximum atomic E-state index is 13.5. The molecule has 0 bridgehead atoms. The highest BCUT2D eigenvalue weighted by molar-refractivity contribution is 7.99. The van der Waals surface area contributed by atoms with E-state index in [0.29, 0.717) is 41.0 Å². The summed E-state index contributed by atoms with van der Waals surface area (Å²) in [6, 6.07) is 10.7. The molecule has 3 rings (SSSR count). The average molecular weight is 376 g/mol. The third-order valence-corrected chi connectivity index (χ3v) is 4.53. The molecule has 136 valence electrons. The molecule has 3 amide bonds. The fourth-order valence-corrected chi connectivity index (χ4v) is 3.18. The van der Waals surface area contributed by atoms with Crippen molar-refractivity contribution in [2.45, 2.75) is 11.3 Å². The van der Waals surface area contributed by atoms with E-state index < -0.39 is 11.9 Å². The van der Waals surface area contributed by atoms with Crippen LogP contribution in [-0.4, -0.2) is 30.9 Å². The van der Waals surface area contributed by atoms with E-state index in [1.54, 1.807) is 36.4 Å². The number of hydrogen-bond donors (Lipinski definition) is 2. The minimum Gasteiger partial charge on any atom is -0.486 e. The van der Waals surface area contributed by atoms with Gasteiger partial charge in [-0.2, -0.15) is 0 Å². The van der Waals surface area contributed by atoms with E-state index in [1.807, 2.05) is 0 Å². The molecule has 6 nitrogen and oxygen atoms in total. The molecule has 0 saturated heterocycles. The molecule has 2 aromatic rings. The first-order valence-electron chi connectivity index (χ1n) is 7.99. The Morgan fingerprint density at radius 2 is 1.85 bits per heavy atom. The van der Waals surface area contributed by atoms with Gasteiger partial charge in [0.2, 0.25) is 5.91 Å². The van der Waals surface area contributed by atoms with Crippen molar-refractivity contribution < 1.29 is 23.5 Å². The van der Waals surface area contributed by atoms with Gasteiger partial charge in [-0.3, -0.25) is 10.1 Å². The Hall–Kier alpha value is -2.74. The van der Waals surface area contributed by atoms with Gasteiger partial charge in [0.15, 0.2) is 11.5 Å². The van der Waals surface area contributed by atoms with Crippen LogP contribution in [0.5, 0.6) is 11.5 Å². The molecular formula is C18H17FN2O4S. The molecule has 2 N–H and O–H groups in total. The predicted octanol–water partition coefficient (Wildman–Crippen LogP) is 3.43. The Bertz CT molecular complexity index is 816. The number of fused-ring (bicyclic) bond motifs is 1. The lowest BCUT2D eigenvalue weighted by atomic mass is 10.2. The monoisotopic (exact) mass is 376 g/mol. The number of hydrogen-bond acceptors (Lipinski definition) is 5. The van der Waals surface area contributed by atoms with Gasteiger partial charge >= 0.3 is 6.03 Å². The van der Waals surface area contributed by atoms with E-state index in [1.165, 1.54) is 17.8 Å². The largest absolute Gasteiger partial charge is 0.486 e. The van der Waals surface area contributed by atoms with Gasteiger partial charge in [0.05, 0.1) is 0 Å². The number of anilines is 1. The summed E-state index contributed by atoms with van der Waals surface area (Å²) in [5, 5.41) is 4.81. The first-order valence-corrected chi connectivity index (χ1v) is 8.98. The van der Waals surface area contributed by atoms with E-state index in [2.05, 4.69) is 10.6 Å². The van der Waals surface area contributed by atoms with E-state index >= 15 is 0 Å². The summed E-state index contributed by atoms with van der Waals surface area (Å²) in [6.45, 7) is 0.931. The van der Waals surface area contributed by atoms with E-state index in [9.17, 15) is 14.0 Å². The Morgan fingerprint density at radius 3 is 2.65 bits per heavy atom. The maximum absolute atomic E-state index is 13.5. The summed E-state index contributed by atoms with van der Waals surface area (Å²) in [4.78, 5) is 24.2. The van der Waals surface area contributed by atoms with Crippen molar-refractivity contribution in [1.82, 2.24) is 5.32 Å². The summed E-state index contributed by atoms with van der Waals surface area (Å²) in [5.41, 5.74) is 0.486. The molecule has 1 aliphatic heterocycles. The number of imide groups is 1. The van der Waals surface area contributed by atoms with Crippen LogP contribution in [0.1, 0.15) is 6.42 Å². The zero-order valence-electron chi connectivity index (χ0n) is 13.8. The highest BCUT2D eigenvalue weighted by atomic mass is 32.2. The molecular weight excluding hydrogens is 359 g/mol. The number of rotatable bonds is 5. The molecule has 2 aromatic carbocycles. The smallest absolute Gasteiger partial charge is 0.325 e. The number of urea groups is 1. The molecule has 0 aromatic heterocycles. The van der Waals surface area contributed by atoms with Gasteiger partial charge in [-0.1, -0.05) is 12.1 Å². The predicted molar refractivity (Wildman–Crippen MR) is 96.3 cm³/mol. The average Bonchev–Trinajstić information content (AvgIpc) is 2.63. The second kappa shape index (κ2) is 8.57. The van der Waals surface area contributed by atoms with Crippen LogP contribution in [0.4, 0.5) is 14.9 Å². The van der Waals surface area contributed by atoms with Crippen molar-refractivity contribution >= 4 is 29.4 Å². The molecule has 1 heterocycles.